The molecule has 1 unspecified atom stereocenters. The van der Waals surface area contributed by atoms with Gasteiger partial charge in [-0.1, -0.05) is 17.3 Å². The zero-order valence-electron chi connectivity index (χ0n) is 8.58. The molecule has 0 amide bonds. The number of hydrogen-bond acceptors (Lipinski definition) is 3. The van der Waals surface area contributed by atoms with E-state index in [2.05, 4.69) is 22.3 Å². The summed E-state index contributed by atoms with van der Waals surface area (Å²) in [6.07, 6.45) is 13.5. The molecule has 80 valence electrons. The molecule has 0 saturated carbocycles. The average molecular weight is 205 g/mol. The second-order valence-corrected chi connectivity index (χ2v) is 3.70. The summed E-state index contributed by atoms with van der Waals surface area (Å²) in [5, 5.41) is 12.4. The normalized spacial score (nSPS) is 25.1. The second-order valence-electron chi connectivity index (χ2n) is 3.70. The van der Waals surface area contributed by atoms with Crippen LogP contribution in [0.5, 0.6) is 0 Å². The van der Waals surface area contributed by atoms with Gasteiger partial charge in [-0.2, -0.15) is 0 Å². The molecular weight excluding hydrogens is 190 g/mol. The van der Waals surface area contributed by atoms with Crippen LogP contribution in [0.4, 0.5) is 0 Å². The van der Waals surface area contributed by atoms with Gasteiger partial charge in [0.2, 0.25) is 0 Å². The Kier molecular flexibility index (Phi) is 3.17. The zero-order chi connectivity index (χ0) is 10.5. The molecule has 4 nitrogen and oxygen atoms in total. The van der Waals surface area contributed by atoms with E-state index in [0.717, 1.165) is 31.4 Å². The summed E-state index contributed by atoms with van der Waals surface area (Å²) in [4.78, 5) is 4.03. The first-order valence-corrected chi connectivity index (χ1v) is 5.25. The van der Waals surface area contributed by atoms with Gasteiger partial charge >= 0.3 is 0 Å². The number of oxime groups is 1. The van der Waals surface area contributed by atoms with Gasteiger partial charge < -0.3 is 9.77 Å². The first kappa shape index (κ1) is 9.96. The van der Waals surface area contributed by atoms with E-state index in [1.54, 1.807) is 12.5 Å². The molecule has 1 N–H and O–H groups in total. The van der Waals surface area contributed by atoms with Gasteiger partial charge in [-0.15, -0.1) is 0 Å². The van der Waals surface area contributed by atoms with Crippen molar-refractivity contribution in [2.75, 3.05) is 0 Å². The van der Waals surface area contributed by atoms with Gasteiger partial charge in [0.05, 0.1) is 18.1 Å². The third-order valence-corrected chi connectivity index (χ3v) is 2.74. The molecule has 1 heterocycles. The lowest BCUT2D eigenvalue weighted by molar-refractivity contribution is 0.312. The SMILES string of the molecule is ON=C1CCC=CCCC1n1ccnc1. The molecule has 4 heteroatoms. The van der Waals surface area contributed by atoms with Gasteiger partial charge in [-0.25, -0.2) is 4.98 Å². The van der Waals surface area contributed by atoms with Crippen molar-refractivity contribution < 1.29 is 5.21 Å². The van der Waals surface area contributed by atoms with Crippen LogP contribution >= 0.6 is 0 Å². The summed E-state index contributed by atoms with van der Waals surface area (Å²) >= 11 is 0. The second kappa shape index (κ2) is 4.77. The summed E-state index contributed by atoms with van der Waals surface area (Å²) in [5.41, 5.74) is 0.845. The summed E-state index contributed by atoms with van der Waals surface area (Å²) in [7, 11) is 0. The molecule has 0 aromatic carbocycles. The lowest BCUT2D eigenvalue weighted by Gasteiger charge is -2.20. The molecule has 15 heavy (non-hydrogen) atoms. The van der Waals surface area contributed by atoms with Crippen LogP contribution in [-0.4, -0.2) is 20.5 Å². The summed E-state index contributed by atoms with van der Waals surface area (Å²) < 4.78 is 2.01. The zero-order valence-corrected chi connectivity index (χ0v) is 8.58. The van der Waals surface area contributed by atoms with E-state index in [0.29, 0.717) is 0 Å². The van der Waals surface area contributed by atoms with Crippen LogP contribution < -0.4 is 0 Å². The summed E-state index contributed by atoms with van der Waals surface area (Å²) in [6, 6.07) is 0.155. The monoisotopic (exact) mass is 205 g/mol. The molecule has 1 atom stereocenters. The largest absolute Gasteiger partial charge is 0.411 e. The van der Waals surface area contributed by atoms with E-state index in [1.165, 1.54) is 0 Å². The summed E-state index contributed by atoms with van der Waals surface area (Å²) in [6.45, 7) is 0. The Morgan fingerprint density at radius 2 is 2.27 bits per heavy atom. The van der Waals surface area contributed by atoms with E-state index in [-0.39, 0.29) is 6.04 Å². The minimum Gasteiger partial charge on any atom is -0.411 e. The van der Waals surface area contributed by atoms with Crippen molar-refractivity contribution in [3.8, 4) is 0 Å². The maximum absolute atomic E-state index is 9.01. The highest BCUT2D eigenvalue weighted by molar-refractivity contribution is 5.88. The van der Waals surface area contributed by atoms with Gasteiger partial charge in [0.25, 0.3) is 0 Å². The standard InChI is InChI=1S/C11H15N3O/c15-13-10-5-3-1-2-4-6-11(10)14-8-7-12-9-14/h1-2,7-9,11,15H,3-6H2. The molecule has 0 radical (unpaired) electrons. The highest BCUT2D eigenvalue weighted by Gasteiger charge is 2.18. The number of nitrogens with zero attached hydrogens (tertiary/aromatic N) is 3. The van der Waals surface area contributed by atoms with Crippen molar-refractivity contribution in [2.24, 2.45) is 5.16 Å². The molecule has 0 saturated heterocycles. The van der Waals surface area contributed by atoms with Crippen molar-refractivity contribution in [3.05, 3.63) is 30.9 Å². The topological polar surface area (TPSA) is 50.4 Å². The van der Waals surface area contributed by atoms with E-state index in [4.69, 9.17) is 5.21 Å². The lowest BCUT2D eigenvalue weighted by atomic mass is 9.99. The van der Waals surface area contributed by atoms with Crippen LogP contribution in [0, 0.1) is 0 Å². The number of hydrogen-bond donors (Lipinski definition) is 1. The average Bonchev–Trinajstić information content (AvgIpc) is 2.71. The highest BCUT2D eigenvalue weighted by Crippen LogP contribution is 2.21. The Hall–Kier alpha value is -1.58. The molecule has 2 rings (SSSR count). The number of aromatic nitrogens is 2. The van der Waals surface area contributed by atoms with E-state index in [1.807, 2.05) is 10.8 Å². The predicted octanol–water partition coefficient (Wildman–Crippen LogP) is 2.38. The lowest BCUT2D eigenvalue weighted by Crippen LogP contribution is -2.19. The van der Waals surface area contributed by atoms with E-state index in [9.17, 15) is 0 Å². The molecular formula is C11H15N3O. The fourth-order valence-corrected chi connectivity index (χ4v) is 1.95. The van der Waals surface area contributed by atoms with Crippen molar-refractivity contribution >= 4 is 5.71 Å². The van der Waals surface area contributed by atoms with Crippen molar-refractivity contribution in [1.82, 2.24) is 9.55 Å². The molecule has 1 aliphatic rings. The molecule has 1 aliphatic carbocycles. The van der Waals surface area contributed by atoms with Crippen LogP contribution in [0.15, 0.2) is 36.0 Å². The first-order valence-electron chi connectivity index (χ1n) is 5.25. The van der Waals surface area contributed by atoms with Gasteiger partial charge in [0.1, 0.15) is 0 Å². The number of allylic oxidation sites excluding steroid dienone is 2. The Labute approximate surface area is 88.9 Å². The number of imidazole rings is 1. The Bertz CT molecular complexity index is 354. The van der Waals surface area contributed by atoms with Gasteiger partial charge in [-0.3, -0.25) is 0 Å². The van der Waals surface area contributed by atoms with Crippen LogP contribution in [0.2, 0.25) is 0 Å². The van der Waals surface area contributed by atoms with Crippen molar-refractivity contribution in [3.63, 3.8) is 0 Å². The fourth-order valence-electron chi connectivity index (χ4n) is 1.95. The molecule has 0 bridgehead atoms. The molecule has 0 spiro atoms. The van der Waals surface area contributed by atoms with Crippen LogP contribution in [0.25, 0.3) is 0 Å². The minimum absolute atomic E-state index is 0.155. The van der Waals surface area contributed by atoms with E-state index >= 15 is 0 Å². The smallest absolute Gasteiger partial charge is 0.0952 e. The quantitative estimate of drug-likeness (QED) is 0.434. The third kappa shape index (κ3) is 2.26. The Morgan fingerprint density at radius 3 is 3.00 bits per heavy atom. The minimum atomic E-state index is 0.155. The van der Waals surface area contributed by atoms with Gasteiger partial charge in [-0.05, 0) is 25.7 Å². The van der Waals surface area contributed by atoms with Crippen LogP contribution in [-0.2, 0) is 0 Å². The predicted molar refractivity (Wildman–Crippen MR) is 58.1 cm³/mol. The fraction of sp³-hybridized carbons (Fsp3) is 0.455. The Balaban J connectivity index is 2.22. The maximum Gasteiger partial charge on any atom is 0.0952 e. The van der Waals surface area contributed by atoms with E-state index < -0.39 is 0 Å². The van der Waals surface area contributed by atoms with Gasteiger partial charge in [0.15, 0.2) is 0 Å². The first-order chi connectivity index (χ1) is 7.42. The van der Waals surface area contributed by atoms with Crippen molar-refractivity contribution in [1.29, 1.82) is 0 Å². The van der Waals surface area contributed by atoms with Crippen LogP contribution in [0.3, 0.4) is 0 Å². The molecule has 0 fully saturated rings. The Morgan fingerprint density at radius 1 is 1.40 bits per heavy atom. The summed E-state index contributed by atoms with van der Waals surface area (Å²) in [5.74, 6) is 0. The number of rotatable bonds is 1. The molecule has 1 aromatic heterocycles. The third-order valence-electron chi connectivity index (χ3n) is 2.74. The molecule has 0 aliphatic heterocycles. The maximum atomic E-state index is 9.01. The van der Waals surface area contributed by atoms with Crippen molar-refractivity contribution in [2.45, 2.75) is 31.7 Å². The van der Waals surface area contributed by atoms with Gasteiger partial charge in [0, 0.05) is 12.4 Å². The van der Waals surface area contributed by atoms with Crippen LogP contribution in [0.1, 0.15) is 31.7 Å². The molecule has 1 aromatic rings. The highest BCUT2D eigenvalue weighted by atomic mass is 16.4.